The molecule has 0 saturated carbocycles. The van der Waals surface area contributed by atoms with Gasteiger partial charge in [-0.3, -0.25) is 22.7 Å². The molecule has 2 aliphatic rings. The summed E-state index contributed by atoms with van der Waals surface area (Å²) in [5.41, 5.74) is 12.6. The number of fused-ring (bicyclic) bond motifs is 2. The fourth-order valence-electron chi connectivity index (χ4n) is 5.09. The Morgan fingerprint density at radius 1 is 0.913 bits per heavy atom. The van der Waals surface area contributed by atoms with Crippen molar-refractivity contribution in [2.45, 2.75) is 49.4 Å². The summed E-state index contributed by atoms with van der Waals surface area (Å²) in [7, 11) is -10.1. The SMILES string of the molecule is Nc1nc(=S)c2ncn([C@@H]3O[C@H](COP(=O)(O)O)C(OP(=O)(O)OC[C@H]4O[C@@H](n5cnc6c(=S)nc(N)[nH]c65)CC4O)C3O)c2[nH]1. The highest BCUT2D eigenvalue weighted by atomic mass is 32.1. The Labute approximate surface area is 266 Å². The van der Waals surface area contributed by atoms with E-state index in [2.05, 4.69) is 34.4 Å². The van der Waals surface area contributed by atoms with Gasteiger partial charge in [-0.15, -0.1) is 0 Å². The van der Waals surface area contributed by atoms with Gasteiger partial charge in [-0.2, -0.15) is 0 Å². The normalized spacial score (nSPS) is 28.3. The second kappa shape index (κ2) is 12.3. The van der Waals surface area contributed by atoms with E-state index in [9.17, 15) is 34.0 Å². The Balaban J connectivity index is 1.17. The number of aromatic amines is 2. The number of nitrogens with one attached hydrogen (secondary N) is 2. The lowest BCUT2D eigenvalue weighted by molar-refractivity contribution is -0.0551. The number of nitrogens with two attached hydrogens (primary N) is 2. The number of anilines is 2. The summed E-state index contributed by atoms with van der Waals surface area (Å²) in [6, 6.07) is 0. The van der Waals surface area contributed by atoms with Crippen molar-refractivity contribution in [3.63, 3.8) is 0 Å². The lowest BCUT2D eigenvalue weighted by Crippen LogP contribution is -2.36. The molecule has 4 unspecified atom stereocenters. The van der Waals surface area contributed by atoms with Gasteiger partial charge in [0.2, 0.25) is 0 Å². The van der Waals surface area contributed by atoms with Crippen LogP contribution in [-0.4, -0.2) is 108 Å². The first-order chi connectivity index (χ1) is 21.6. The maximum atomic E-state index is 13.1. The second-order valence-corrected chi connectivity index (χ2v) is 13.6. The van der Waals surface area contributed by atoms with E-state index in [-0.39, 0.29) is 38.8 Å². The molecular weight excluding hydrogens is 698 g/mol. The Kier molecular flexibility index (Phi) is 8.88. The minimum Gasteiger partial charge on any atom is -0.390 e. The number of nitrogens with zero attached hydrogens (tertiary/aromatic N) is 6. The van der Waals surface area contributed by atoms with E-state index in [1.54, 1.807) is 0 Å². The molecule has 250 valence electrons. The fraction of sp³-hybridized carbons (Fsp3) is 0.500. The third kappa shape index (κ3) is 6.63. The number of hydrogen-bond donors (Lipinski definition) is 9. The number of nitrogen functional groups attached to an aromatic ring is 2. The molecule has 0 radical (unpaired) electrons. The minimum absolute atomic E-state index is 0.0273. The topological polar surface area (TPSA) is 326 Å². The summed E-state index contributed by atoms with van der Waals surface area (Å²) in [4.78, 5) is 50.7. The first kappa shape index (κ1) is 33.1. The Morgan fingerprint density at radius 3 is 2.09 bits per heavy atom. The van der Waals surface area contributed by atoms with Crippen molar-refractivity contribution in [3.8, 4) is 0 Å². The van der Waals surface area contributed by atoms with Gasteiger partial charge in [0.25, 0.3) is 0 Å². The number of phosphoric ester groups is 2. The molecule has 2 aliphatic heterocycles. The average Bonchev–Trinajstić information content (AvgIpc) is 3.72. The fourth-order valence-corrected chi connectivity index (χ4v) is 6.89. The number of phosphoric acid groups is 2. The summed E-state index contributed by atoms with van der Waals surface area (Å²) in [5, 5.41) is 21.8. The lowest BCUT2D eigenvalue weighted by atomic mass is 10.1. The Morgan fingerprint density at radius 2 is 1.48 bits per heavy atom. The van der Waals surface area contributed by atoms with Crippen LogP contribution in [0, 0.1) is 9.28 Å². The van der Waals surface area contributed by atoms with E-state index in [0.717, 1.165) is 0 Å². The van der Waals surface area contributed by atoms with Crippen molar-refractivity contribution in [1.29, 1.82) is 0 Å². The van der Waals surface area contributed by atoms with E-state index in [0.29, 0.717) is 11.2 Å². The maximum absolute atomic E-state index is 13.1. The van der Waals surface area contributed by atoms with Crippen LogP contribution in [0.1, 0.15) is 18.9 Å². The van der Waals surface area contributed by atoms with Gasteiger partial charge in [-0.1, -0.05) is 24.4 Å². The van der Waals surface area contributed by atoms with Gasteiger partial charge < -0.3 is 55.8 Å². The van der Waals surface area contributed by atoms with E-state index in [1.165, 1.54) is 21.8 Å². The molecule has 2 fully saturated rings. The summed E-state index contributed by atoms with van der Waals surface area (Å²) < 4.78 is 53.9. The molecule has 6 heterocycles. The van der Waals surface area contributed by atoms with Crippen LogP contribution in [0.25, 0.3) is 22.3 Å². The number of H-pyrrole nitrogens is 2. The Hall–Kier alpha value is -2.80. The molecule has 0 aliphatic carbocycles. The molecule has 22 nitrogen and oxygen atoms in total. The van der Waals surface area contributed by atoms with Gasteiger partial charge in [-0.05, 0) is 0 Å². The molecule has 46 heavy (non-hydrogen) atoms. The van der Waals surface area contributed by atoms with E-state index in [1.807, 2.05) is 0 Å². The summed E-state index contributed by atoms with van der Waals surface area (Å²) >= 11 is 10.3. The van der Waals surface area contributed by atoms with E-state index < -0.39 is 71.8 Å². The standard InChI is InChI=1S/C20H26N10O12P2S2/c21-19-25-14-10(16(45)27-19)23-4-29(14)9-1-6(31)7(40-9)2-39-44(36,37)42-13-8(3-38-43(33,34)35)41-18(12(13)32)30-5-24-11-15(30)26-20(22)28-17(11)46/h4-9,12-13,18,31-32H,1-3H2,(H,36,37)(H2,33,34,35)(H3,21,25,27,45)(H3,22,26,28,46)/t6?,7-,8-,9-,12?,13?,18-/m1/s1. The number of aliphatic hydroxyl groups is 2. The number of hydrogen-bond acceptors (Lipinski definition) is 17. The highest BCUT2D eigenvalue weighted by Gasteiger charge is 2.50. The molecule has 2 saturated heterocycles. The number of aromatic nitrogens is 8. The van der Waals surface area contributed by atoms with Crippen LogP contribution in [0.5, 0.6) is 0 Å². The molecule has 26 heteroatoms. The first-order valence-electron chi connectivity index (χ1n) is 13.1. The number of aliphatic hydroxyl groups excluding tert-OH is 2. The van der Waals surface area contributed by atoms with Crippen molar-refractivity contribution >= 4 is 74.3 Å². The van der Waals surface area contributed by atoms with Gasteiger partial charge in [0.05, 0.1) is 32.0 Å². The summed E-state index contributed by atoms with van der Waals surface area (Å²) in [6.07, 6.45) is -6.89. The van der Waals surface area contributed by atoms with E-state index >= 15 is 0 Å². The van der Waals surface area contributed by atoms with E-state index in [4.69, 9.17) is 54.4 Å². The molecule has 0 spiro atoms. The smallest absolute Gasteiger partial charge is 0.390 e. The zero-order chi connectivity index (χ0) is 33.1. The zero-order valence-electron chi connectivity index (χ0n) is 23.0. The third-order valence-electron chi connectivity index (χ3n) is 7.09. The molecule has 11 N–H and O–H groups in total. The van der Waals surface area contributed by atoms with Crippen molar-refractivity contribution in [3.05, 3.63) is 21.9 Å². The predicted octanol–water partition coefficient (Wildman–Crippen LogP) is -0.326. The zero-order valence-corrected chi connectivity index (χ0v) is 26.4. The first-order valence-corrected chi connectivity index (χ1v) is 16.9. The van der Waals surface area contributed by atoms with Gasteiger partial charge in [-0.25, -0.2) is 29.1 Å². The molecule has 0 amide bonds. The van der Waals surface area contributed by atoms with Crippen molar-refractivity contribution in [2.24, 2.45) is 0 Å². The molecule has 4 aromatic heterocycles. The van der Waals surface area contributed by atoms with Crippen molar-refractivity contribution in [2.75, 3.05) is 24.7 Å². The summed E-state index contributed by atoms with van der Waals surface area (Å²) in [6.45, 7) is -1.52. The van der Waals surface area contributed by atoms with Crippen LogP contribution in [0.4, 0.5) is 11.9 Å². The van der Waals surface area contributed by atoms with Crippen LogP contribution >= 0.6 is 40.1 Å². The maximum Gasteiger partial charge on any atom is 0.472 e. The largest absolute Gasteiger partial charge is 0.472 e. The van der Waals surface area contributed by atoms with Crippen LogP contribution in [-0.2, 0) is 32.2 Å². The van der Waals surface area contributed by atoms with Crippen molar-refractivity contribution in [1.82, 2.24) is 39.0 Å². The van der Waals surface area contributed by atoms with Crippen LogP contribution in [0.15, 0.2) is 12.7 Å². The van der Waals surface area contributed by atoms with Crippen molar-refractivity contribution < 1.29 is 57.1 Å². The monoisotopic (exact) mass is 724 g/mol. The molecular formula is C20H26N10O12P2S2. The summed E-state index contributed by atoms with van der Waals surface area (Å²) in [5.74, 6) is -0.0511. The molecule has 8 atom stereocenters. The lowest BCUT2D eigenvalue weighted by Gasteiger charge is -2.24. The van der Waals surface area contributed by atoms with Crippen LogP contribution in [0.2, 0.25) is 0 Å². The molecule has 0 aromatic carbocycles. The quantitative estimate of drug-likeness (QED) is 0.0747. The number of imidazole rings is 2. The average molecular weight is 725 g/mol. The van der Waals surface area contributed by atoms with Gasteiger partial charge in [0.1, 0.15) is 53.0 Å². The van der Waals surface area contributed by atoms with Crippen LogP contribution < -0.4 is 11.5 Å². The van der Waals surface area contributed by atoms with Crippen LogP contribution in [0.3, 0.4) is 0 Å². The molecule has 6 rings (SSSR count). The highest BCUT2D eigenvalue weighted by Crippen LogP contribution is 2.50. The molecule has 0 bridgehead atoms. The van der Waals surface area contributed by atoms with Gasteiger partial charge >= 0.3 is 15.6 Å². The molecule has 4 aromatic rings. The third-order valence-corrected chi connectivity index (χ3v) is 9.13. The van der Waals surface area contributed by atoms with Gasteiger partial charge in [0.15, 0.2) is 27.4 Å². The minimum atomic E-state index is -5.08. The predicted molar refractivity (Wildman–Crippen MR) is 157 cm³/mol. The second-order valence-electron chi connectivity index (χ2n) is 10.2. The number of rotatable bonds is 10. The number of ether oxygens (including phenoxy) is 2. The highest BCUT2D eigenvalue weighted by molar-refractivity contribution is 7.71. The van der Waals surface area contributed by atoms with Gasteiger partial charge in [0, 0.05) is 6.42 Å². The Bertz CT molecular complexity index is 2000.